The molecule has 0 spiro atoms. The zero-order chi connectivity index (χ0) is 99.1. The number of esters is 1. The molecule has 15 rings (SSSR count). The number of carbonyl (C=O) groups is 5. The molecule has 0 radical (unpaired) electrons. The van der Waals surface area contributed by atoms with Crippen LogP contribution >= 0.6 is 33.2 Å². The SMILES string of the molecule is C.C.C=C(Cc1ccn(C(C)C)c(=O)n1)c1ccccc1.C=C(Cc1nc(=O)n(C(C)C)cc1C)c1ccccc1.C=C1C=CN(C(C)C)C(=O)N1.C=C1NC(=O)N(C(C)C)C=C1C.C=C1NC=Nc2c1ncn2C(C)C.CC(C)n1cnc2c(CC(=O)c3ccccc3)ncnc21.CC(C)n1cnc2c(OCc3ccc(OC(=O)C(C)(C)C)cc3)nc(NC(=O)Cc3ccccc3)nc21.CP.I.[3HH].[U]. The van der Waals surface area contributed by atoms with Crippen LogP contribution in [-0.4, -0.2) is 132 Å². The summed E-state index contributed by atoms with van der Waals surface area (Å²) in [6, 6.07) is 48.8. The molecule has 3 aliphatic rings. The fourth-order valence-electron chi connectivity index (χ4n) is 13.0. The number of ketones is 1. The number of urea groups is 2. The normalized spacial score (nSPS) is 12.1. The van der Waals surface area contributed by atoms with Gasteiger partial charge in [-0.1, -0.05) is 188 Å². The monoisotopic (exact) mass is 2250 g/mol. The van der Waals surface area contributed by atoms with Gasteiger partial charge in [0.25, 0.3) is 0 Å². The molecule has 139 heavy (non-hydrogen) atoms. The molecule has 4 N–H and O–H groups in total. The summed E-state index contributed by atoms with van der Waals surface area (Å²) in [7, 11) is 2.42. The molecule has 0 aliphatic carbocycles. The number of aryl methyl sites for hydroxylation is 1. The second kappa shape index (κ2) is 56.8. The molecule has 10 heterocycles. The van der Waals surface area contributed by atoms with Crippen molar-refractivity contribution in [3.8, 4) is 11.6 Å². The Morgan fingerprint density at radius 2 is 1.03 bits per heavy atom. The quantitative estimate of drug-likeness (QED) is 0.0152. The number of benzene rings is 5. The third kappa shape index (κ3) is 34.8. The van der Waals surface area contributed by atoms with Gasteiger partial charge in [-0.2, -0.15) is 19.9 Å². The van der Waals surface area contributed by atoms with E-state index in [9.17, 15) is 33.6 Å². The third-order valence-electron chi connectivity index (χ3n) is 20.7. The summed E-state index contributed by atoms with van der Waals surface area (Å²) in [5.41, 5.74) is 15.4. The summed E-state index contributed by atoms with van der Waals surface area (Å²) >= 11 is 0. The minimum Gasteiger partial charge on any atom is -0.471 e. The van der Waals surface area contributed by atoms with Crippen LogP contribution < -0.4 is 42.1 Å². The van der Waals surface area contributed by atoms with Crippen molar-refractivity contribution in [2.24, 2.45) is 10.4 Å². The van der Waals surface area contributed by atoms with E-state index in [2.05, 4.69) is 141 Å². The predicted octanol–water partition coefficient (Wildman–Crippen LogP) is 22.0. The van der Waals surface area contributed by atoms with Crippen LogP contribution in [0.3, 0.4) is 0 Å². The van der Waals surface area contributed by atoms with Gasteiger partial charge in [-0.3, -0.25) is 38.6 Å². The summed E-state index contributed by atoms with van der Waals surface area (Å²) in [5, 5.41) is 11.0. The van der Waals surface area contributed by atoms with Crippen LogP contribution in [0.5, 0.6) is 11.6 Å². The molecular formula is C106H139IN21O9PU. The van der Waals surface area contributed by atoms with Gasteiger partial charge in [0.1, 0.15) is 29.9 Å². The molecule has 3 aliphatic heterocycles. The van der Waals surface area contributed by atoms with Crippen molar-refractivity contribution in [1.82, 2.24) is 93.4 Å². The number of fused-ring (bicyclic) bond motifs is 3. The van der Waals surface area contributed by atoms with Crippen molar-refractivity contribution >= 4 is 120 Å². The summed E-state index contributed by atoms with van der Waals surface area (Å²) in [6.07, 6.45) is 19.0. The Morgan fingerprint density at radius 1 is 0.518 bits per heavy atom. The molecule has 0 fully saturated rings. The van der Waals surface area contributed by atoms with Gasteiger partial charge in [-0.05, 0) is 200 Å². The van der Waals surface area contributed by atoms with E-state index in [0.717, 1.165) is 78.8 Å². The van der Waals surface area contributed by atoms with Crippen LogP contribution in [0.1, 0.15) is 232 Å². The van der Waals surface area contributed by atoms with E-state index < -0.39 is 5.41 Å². The van der Waals surface area contributed by atoms with E-state index in [0.29, 0.717) is 64.0 Å². The van der Waals surface area contributed by atoms with Crippen molar-refractivity contribution < 1.29 is 66.0 Å². The number of hydrogen-bond donors (Lipinski definition) is 4. The Kier molecular flexibility index (Phi) is 48.3. The molecule has 0 saturated carbocycles. The maximum atomic E-state index is 12.6. The smallest absolute Gasteiger partial charge is 0.348 e. The number of anilines is 1. The van der Waals surface area contributed by atoms with Crippen LogP contribution in [0.2, 0.25) is 0 Å². The molecule has 5 aromatic carbocycles. The second-order valence-corrected chi connectivity index (χ2v) is 34.7. The van der Waals surface area contributed by atoms with Gasteiger partial charge in [-0.25, -0.2) is 49.1 Å². The van der Waals surface area contributed by atoms with E-state index in [-0.39, 0.29) is 180 Å². The fraction of sp³-hybridized carbons (Fsp3) is 0.330. The van der Waals surface area contributed by atoms with Crippen molar-refractivity contribution in [2.45, 2.75) is 221 Å². The van der Waals surface area contributed by atoms with Crippen LogP contribution in [0.4, 0.5) is 21.4 Å². The molecule has 7 aromatic heterocycles. The Balaban J connectivity index is 0.000000433. The molecule has 0 bridgehead atoms. The Bertz CT molecular complexity index is 6360. The molecule has 738 valence electrons. The molecule has 12 aromatic rings. The standard InChI is InChI=1S/C28H31N5O4.C17H20N2O.C16H16N4O.C16H18N2O.C9H12N4.C9H14N2O.C8H12N2O.CH5P.2CH4.HI.U.H2/c1-18(2)33-17-29-23-24(33)31-27(30-22(34)15-19-9-7-6-8-10-19)32-25(23)36-16-20-11-13-21(14-12-20)37-26(35)28(3,4)5;1-12(2)19-11-14(4)16(18-17(19)20)10-13(3)15-8-6-5-7-9-15;1-11(2)20-10-19-15-13(17-9-18-16(15)20)8-14(21)12-6-4-3-5-7-12;1-12(2)18-10-9-15(17-16(18)19)11-13(3)14-7-5-4-6-8-14;1-6(2)13-5-12-8-7(3)10-4-11-9(8)13;1-6(2)11-5-7(3)8(4)10-9(11)12;1-6(2)10-5-4-7(3)9-8(10)11;1-2;;;;;/h6-14,17-18H,15-16H2,1-5H3,(H,30,31,32,34);5-9,11-12H,3,10H2,1-2,4H3;3-7,9-11H,8H2,1-2H3;4-10,12H,3,11H2,1-2H3;4-6H,3H2,1-2H3,(H,10,11);5-6H,4H2,1-3H3,(H,10,12);4-6H,3H2,1-2H3,(H,9,11);2H2,1H3;2*1H4;1H;;1H/i;;;;;;;;;;;;1+2. The van der Waals surface area contributed by atoms with Crippen LogP contribution in [0.25, 0.3) is 39.2 Å². The summed E-state index contributed by atoms with van der Waals surface area (Å²) in [6.45, 7) is 58.9. The predicted molar refractivity (Wildman–Crippen MR) is 573 cm³/mol. The van der Waals surface area contributed by atoms with Gasteiger partial charge in [0.2, 0.25) is 17.7 Å². The molecule has 0 saturated heterocycles. The van der Waals surface area contributed by atoms with Crippen molar-refractivity contribution in [3.63, 3.8) is 0 Å². The number of aromatic nitrogens is 14. The zero-order valence-electron chi connectivity index (χ0n) is 82.1. The Hall–Kier alpha value is -13.0. The molecule has 30 nitrogen and oxygen atoms in total. The van der Waals surface area contributed by atoms with Gasteiger partial charge in [0, 0.05) is 129 Å². The van der Waals surface area contributed by atoms with Crippen molar-refractivity contribution in [1.29, 1.82) is 0 Å². The summed E-state index contributed by atoms with van der Waals surface area (Å²) in [5.74, 6) is 1.27. The molecular weight excluding hydrogens is 2110 g/mol. The first-order chi connectivity index (χ1) is 64.1. The largest absolute Gasteiger partial charge is 0.471 e. The number of imidazole rings is 3. The van der Waals surface area contributed by atoms with Gasteiger partial charge >= 0.3 is 29.4 Å². The number of nitrogens with one attached hydrogen (secondary N) is 4. The van der Waals surface area contributed by atoms with Crippen LogP contribution in [-0.2, 0) is 41.9 Å². The maximum Gasteiger partial charge on any atom is 0.348 e. The Morgan fingerprint density at radius 3 is 1.56 bits per heavy atom. The minimum absolute atomic E-state index is 0. The number of rotatable bonds is 23. The number of carbonyl (C=O) groups excluding carboxylic acids is 5. The summed E-state index contributed by atoms with van der Waals surface area (Å²) < 4.78 is 20.6. The number of halogens is 1. The molecule has 33 heteroatoms. The zero-order valence-corrected chi connectivity index (χ0v) is 89.7. The first kappa shape index (κ1) is 118. The van der Waals surface area contributed by atoms with E-state index >= 15 is 0 Å². The third-order valence-corrected chi connectivity index (χ3v) is 20.7. The molecule has 5 amide bonds. The van der Waals surface area contributed by atoms with Gasteiger partial charge in [0.05, 0.1) is 66.4 Å². The molecule has 1 unspecified atom stereocenters. The van der Waals surface area contributed by atoms with Gasteiger partial charge in [0.15, 0.2) is 28.4 Å². The number of amides is 5. The number of ether oxygens (including phenoxy) is 2. The molecule has 1 atom stereocenters. The number of aliphatic imine (C=N–C) groups is 1. The number of hydrogen-bond acceptors (Lipinski definition) is 20. The van der Waals surface area contributed by atoms with E-state index in [1.807, 2.05) is 255 Å². The van der Waals surface area contributed by atoms with E-state index in [1.54, 1.807) is 95.6 Å². The average molecular weight is 2250 g/mol. The number of allylic oxidation sites excluding steroid dienone is 4. The van der Waals surface area contributed by atoms with Crippen LogP contribution in [0.15, 0.2) is 272 Å². The number of Topliss-reactive ketones (excluding diaryl/α,β-unsaturated/α-hetero) is 1. The van der Waals surface area contributed by atoms with Gasteiger partial charge in [-0.15, -0.1) is 33.2 Å². The van der Waals surface area contributed by atoms with E-state index in [1.165, 1.54) is 6.33 Å². The number of nitrogens with zero attached hydrogens (tertiary/aromatic N) is 17. The first-order valence-electron chi connectivity index (χ1n) is 44.6. The topological polar surface area (TPSA) is 346 Å². The van der Waals surface area contributed by atoms with E-state index in [4.69, 9.17) is 9.47 Å². The van der Waals surface area contributed by atoms with Gasteiger partial charge < -0.3 is 39.1 Å². The van der Waals surface area contributed by atoms with Crippen molar-refractivity contribution in [2.75, 3.05) is 12.0 Å². The first-order valence-corrected chi connectivity index (χ1v) is 45.8. The summed E-state index contributed by atoms with van der Waals surface area (Å²) in [4.78, 5) is 130. The minimum atomic E-state index is -0.590. The average Bonchev–Trinajstić information content (AvgIpc) is 1.63. The maximum absolute atomic E-state index is 12.6. The second-order valence-electron chi connectivity index (χ2n) is 34.7. The Labute approximate surface area is 862 Å². The fourth-order valence-corrected chi connectivity index (χ4v) is 13.0. The van der Waals surface area contributed by atoms with Crippen molar-refractivity contribution in [3.05, 3.63) is 335 Å². The van der Waals surface area contributed by atoms with Crippen LogP contribution in [0, 0.1) is 43.5 Å².